The van der Waals surface area contributed by atoms with Crippen molar-refractivity contribution < 1.29 is 9.13 Å². The van der Waals surface area contributed by atoms with Gasteiger partial charge in [0.2, 0.25) is 0 Å². The summed E-state index contributed by atoms with van der Waals surface area (Å²) in [6.07, 6.45) is 0. The van der Waals surface area contributed by atoms with Gasteiger partial charge in [-0.3, -0.25) is 0 Å². The minimum absolute atomic E-state index is 0.280. The highest BCUT2D eigenvalue weighted by atomic mass is 79.9. The highest BCUT2D eigenvalue weighted by Crippen LogP contribution is 2.36. The summed E-state index contributed by atoms with van der Waals surface area (Å²) in [4.78, 5) is 0. The molecule has 15 heavy (non-hydrogen) atoms. The lowest BCUT2D eigenvalue weighted by molar-refractivity contribution is 0.394. The summed E-state index contributed by atoms with van der Waals surface area (Å²) in [6, 6.07) is 5.26. The van der Waals surface area contributed by atoms with Crippen LogP contribution >= 0.6 is 15.9 Å². The van der Waals surface area contributed by atoms with E-state index in [0.717, 1.165) is 0 Å². The summed E-state index contributed by atoms with van der Waals surface area (Å²) in [5, 5.41) is 9.00. The van der Waals surface area contributed by atoms with Crippen LogP contribution in [0.4, 0.5) is 4.39 Å². The van der Waals surface area contributed by atoms with E-state index in [9.17, 15) is 4.39 Å². The molecule has 1 aromatic carbocycles. The Morgan fingerprint density at radius 1 is 1.47 bits per heavy atom. The van der Waals surface area contributed by atoms with Crippen LogP contribution in [0.25, 0.3) is 0 Å². The lowest BCUT2D eigenvalue weighted by atomic mass is 9.85. The Kier molecular flexibility index (Phi) is 3.35. The summed E-state index contributed by atoms with van der Waals surface area (Å²) in [6.45, 7) is 3.31. The van der Waals surface area contributed by atoms with Crippen molar-refractivity contribution in [3.05, 3.63) is 28.0 Å². The Morgan fingerprint density at radius 2 is 2.07 bits per heavy atom. The van der Waals surface area contributed by atoms with Crippen molar-refractivity contribution in [2.75, 3.05) is 7.11 Å². The Hall–Kier alpha value is -1.08. The fourth-order valence-electron chi connectivity index (χ4n) is 1.34. The van der Waals surface area contributed by atoms with Crippen LogP contribution in [0.15, 0.2) is 16.6 Å². The number of benzene rings is 1. The molecule has 0 bridgehead atoms. The second-order valence-electron chi connectivity index (χ2n) is 3.68. The van der Waals surface area contributed by atoms with Crippen LogP contribution in [-0.2, 0) is 5.41 Å². The van der Waals surface area contributed by atoms with Crippen LogP contribution in [0, 0.1) is 17.1 Å². The van der Waals surface area contributed by atoms with Crippen LogP contribution in [0.3, 0.4) is 0 Å². The zero-order chi connectivity index (χ0) is 11.6. The molecule has 0 heterocycles. The topological polar surface area (TPSA) is 33.0 Å². The zero-order valence-corrected chi connectivity index (χ0v) is 10.4. The van der Waals surface area contributed by atoms with Crippen molar-refractivity contribution in [2.24, 2.45) is 0 Å². The Morgan fingerprint density at radius 3 is 2.53 bits per heavy atom. The van der Waals surface area contributed by atoms with E-state index in [0.29, 0.717) is 10.2 Å². The van der Waals surface area contributed by atoms with Crippen molar-refractivity contribution in [3.8, 4) is 11.8 Å². The molecule has 0 saturated carbocycles. The molecular formula is C11H11BrFNO. The van der Waals surface area contributed by atoms with E-state index in [4.69, 9.17) is 10.00 Å². The molecule has 80 valence electrons. The van der Waals surface area contributed by atoms with Gasteiger partial charge in [0.05, 0.1) is 28.6 Å². The summed E-state index contributed by atoms with van der Waals surface area (Å²) in [5.41, 5.74) is -0.638. The molecule has 1 rings (SSSR count). The van der Waals surface area contributed by atoms with Gasteiger partial charge < -0.3 is 4.74 Å². The van der Waals surface area contributed by atoms with Crippen LogP contribution in [0.1, 0.15) is 19.4 Å². The SMILES string of the molecule is COc1ccc(Br)c(F)c1C(C)(C)C#N. The minimum atomic E-state index is -0.917. The van der Waals surface area contributed by atoms with Gasteiger partial charge >= 0.3 is 0 Å². The maximum atomic E-state index is 13.9. The monoisotopic (exact) mass is 271 g/mol. The van der Waals surface area contributed by atoms with E-state index in [1.807, 2.05) is 0 Å². The van der Waals surface area contributed by atoms with Gasteiger partial charge in [-0.1, -0.05) is 0 Å². The average molecular weight is 272 g/mol. The molecule has 2 nitrogen and oxygen atoms in total. The Labute approximate surface area is 96.8 Å². The molecule has 0 aliphatic carbocycles. The molecule has 0 atom stereocenters. The first-order chi connectivity index (χ1) is 6.94. The standard InChI is InChI=1S/C11H11BrFNO/c1-11(2,6-14)9-8(15-3)5-4-7(12)10(9)13/h4-5H,1-3H3. The van der Waals surface area contributed by atoms with E-state index >= 15 is 0 Å². The lowest BCUT2D eigenvalue weighted by Crippen LogP contribution is -2.17. The summed E-state index contributed by atoms with van der Waals surface area (Å²) < 4.78 is 19.2. The van der Waals surface area contributed by atoms with E-state index in [2.05, 4.69) is 22.0 Å². The van der Waals surface area contributed by atoms with Crippen molar-refractivity contribution in [3.63, 3.8) is 0 Å². The van der Waals surface area contributed by atoms with Crippen molar-refractivity contribution >= 4 is 15.9 Å². The maximum Gasteiger partial charge on any atom is 0.145 e. The fraction of sp³-hybridized carbons (Fsp3) is 0.364. The molecule has 0 fully saturated rings. The highest BCUT2D eigenvalue weighted by molar-refractivity contribution is 9.10. The van der Waals surface area contributed by atoms with Gasteiger partial charge in [0.15, 0.2) is 0 Å². The van der Waals surface area contributed by atoms with Crippen LogP contribution in [0.2, 0.25) is 0 Å². The second-order valence-corrected chi connectivity index (χ2v) is 4.53. The number of nitriles is 1. The molecule has 0 saturated heterocycles. The number of rotatable bonds is 2. The van der Waals surface area contributed by atoms with Crippen LogP contribution in [-0.4, -0.2) is 7.11 Å². The molecule has 0 aliphatic heterocycles. The van der Waals surface area contributed by atoms with Gasteiger partial charge in [-0.25, -0.2) is 4.39 Å². The minimum Gasteiger partial charge on any atom is -0.496 e. The molecule has 0 aromatic heterocycles. The van der Waals surface area contributed by atoms with Crippen molar-refractivity contribution in [1.82, 2.24) is 0 Å². The number of nitrogens with zero attached hydrogens (tertiary/aromatic N) is 1. The summed E-state index contributed by atoms with van der Waals surface area (Å²) in [7, 11) is 1.46. The third-order valence-electron chi connectivity index (χ3n) is 2.18. The quantitative estimate of drug-likeness (QED) is 0.826. The third kappa shape index (κ3) is 2.13. The largest absolute Gasteiger partial charge is 0.496 e. The molecular weight excluding hydrogens is 261 g/mol. The first-order valence-electron chi connectivity index (χ1n) is 4.37. The van der Waals surface area contributed by atoms with E-state index in [1.165, 1.54) is 7.11 Å². The smallest absolute Gasteiger partial charge is 0.145 e. The van der Waals surface area contributed by atoms with E-state index in [-0.39, 0.29) is 5.56 Å². The van der Waals surface area contributed by atoms with E-state index < -0.39 is 11.2 Å². The average Bonchev–Trinajstić information content (AvgIpc) is 2.21. The number of ether oxygens (including phenoxy) is 1. The zero-order valence-electron chi connectivity index (χ0n) is 8.77. The summed E-state index contributed by atoms with van der Waals surface area (Å²) in [5.74, 6) is -0.0526. The maximum absolute atomic E-state index is 13.9. The predicted molar refractivity (Wildman–Crippen MR) is 59.3 cm³/mol. The number of methoxy groups -OCH3 is 1. The van der Waals surface area contributed by atoms with Crippen molar-refractivity contribution in [1.29, 1.82) is 5.26 Å². The summed E-state index contributed by atoms with van der Waals surface area (Å²) >= 11 is 3.09. The normalized spacial score (nSPS) is 10.9. The van der Waals surface area contributed by atoms with Gasteiger partial charge in [0, 0.05) is 0 Å². The first kappa shape index (κ1) is 12.0. The Balaban J connectivity index is 3.51. The van der Waals surface area contributed by atoms with Crippen molar-refractivity contribution in [2.45, 2.75) is 19.3 Å². The van der Waals surface area contributed by atoms with Gasteiger partial charge in [-0.15, -0.1) is 0 Å². The van der Waals surface area contributed by atoms with Gasteiger partial charge in [0.25, 0.3) is 0 Å². The molecule has 0 spiro atoms. The van der Waals surface area contributed by atoms with Crippen LogP contribution < -0.4 is 4.74 Å². The molecule has 0 unspecified atom stereocenters. The second kappa shape index (κ2) is 4.19. The molecule has 1 aromatic rings. The molecule has 0 aliphatic rings. The number of halogens is 2. The fourth-order valence-corrected chi connectivity index (χ4v) is 1.67. The Bertz CT molecular complexity index is 423. The number of hydrogen-bond acceptors (Lipinski definition) is 2. The van der Waals surface area contributed by atoms with E-state index in [1.54, 1.807) is 26.0 Å². The predicted octanol–water partition coefficient (Wildman–Crippen LogP) is 3.40. The van der Waals surface area contributed by atoms with Crippen LogP contribution in [0.5, 0.6) is 5.75 Å². The third-order valence-corrected chi connectivity index (χ3v) is 2.79. The highest BCUT2D eigenvalue weighted by Gasteiger charge is 2.29. The molecule has 0 radical (unpaired) electrons. The van der Waals surface area contributed by atoms with Gasteiger partial charge in [0.1, 0.15) is 11.6 Å². The molecule has 4 heteroatoms. The lowest BCUT2D eigenvalue weighted by Gasteiger charge is -2.20. The molecule has 0 N–H and O–H groups in total. The van der Waals surface area contributed by atoms with Gasteiger partial charge in [-0.05, 0) is 41.9 Å². The molecule has 0 amide bonds. The first-order valence-corrected chi connectivity index (χ1v) is 5.17. The van der Waals surface area contributed by atoms with Gasteiger partial charge in [-0.2, -0.15) is 5.26 Å². The number of hydrogen-bond donors (Lipinski definition) is 0.